The van der Waals surface area contributed by atoms with E-state index in [1.165, 1.54) is 25.7 Å². The molecule has 0 spiro atoms. The van der Waals surface area contributed by atoms with Gasteiger partial charge in [0.25, 0.3) is 0 Å². The second-order valence-corrected chi connectivity index (χ2v) is 5.13. The Labute approximate surface area is 107 Å². The van der Waals surface area contributed by atoms with Crippen LogP contribution in [0.4, 0.5) is 0 Å². The van der Waals surface area contributed by atoms with Crippen LogP contribution in [0, 0.1) is 0 Å². The largest absolute Gasteiger partial charge is 0.377 e. The zero-order valence-corrected chi connectivity index (χ0v) is 11.9. The highest BCUT2D eigenvalue weighted by atomic mass is 16.5. The maximum absolute atomic E-state index is 5.72. The molecule has 0 aromatic heterocycles. The Hall–Kier alpha value is -0.120. The molecule has 0 radical (unpaired) electrons. The van der Waals surface area contributed by atoms with Gasteiger partial charge in [0.05, 0.1) is 6.10 Å². The van der Waals surface area contributed by atoms with Crippen LogP contribution < -0.4 is 5.32 Å². The molecule has 17 heavy (non-hydrogen) atoms. The first kappa shape index (κ1) is 14.9. The summed E-state index contributed by atoms with van der Waals surface area (Å²) in [5.41, 5.74) is 0. The van der Waals surface area contributed by atoms with Crippen LogP contribution >= 0.6 is 0 Å². The van der Waals surface area contributed by atoms with Crippen molar-refractivity contribution in [1.29, 1.82) is 0 Å². The first-order chi connectivity index (χ1) is 8.27. The molecule has 1 saturated heterocycles. The van der Waals surface area contributed by atoms with Crippen LogP contribution in [-0.4, -0.2) is 49.8 Å². The number of nitrogens with zero attached hydrogens (tertiary/aromatic N) is 1. The Morgan fingerprint density at radius 1 is 1.41 bits per heavy atom. The van der Waals surface area contributed by atoms with Gasteiger partial charge in [-0.3, -0.25) is 4.90 Å². The van der Waals surface area contributed by atoms with E-state index in [9.17, 15) is 0 Å². The van der Waals surface area contributed by atoms with Crippen LogP contribution in [0.5, 0.6) is 0 Å². The molecule has 3 nitrogen and oxygen atoms in total. The Balaban J connectivity index is 2.17. The lowest BCUT2D eigenvalue weighted by Crippen LogP contribution is -2.44. The molecule has 1 aliphatic heterocycles. The van der Waals surface area contributed by atoms with Gasteiger partial charge in [-0.15, -0.1) is 0 Å². The van der Waals surface area contributed by atoms with E-state index >= 15 is 0 Å². The minimum Gasteiger partial charge on any atom is -0.377 e. The fourth-order valence-corrected chi connectivity index (χ4v) is 2.41. The SMILES string of the molecule is CCCCNCC(C)N(CC)CC1CCCO1. The summed E-state index contributed by atoms with van der Waals surface area (Å²) in [6, 6.07) is 0.612. The molecular weight excluding hydrogens is 212 g/mol. The maximum atomic E-state index is 5.72. The molecule has 2 atom stereocenters. The van der Waals surface area contributed by atoms with Gasteiger partial charge >= 0.3 is 0 Å². The number of nitrogens with one attached hydrogen (secondary N) is 1. The second kappa shape index (κ2) is 8.90. The van der Waals surface area contributed by atoms with E-state index in [4.69, 9.17) is 4.74 Å². The third-order valence-corrected chi connectivity index (χ3v) is 3.64. The highest BCUT2D eigenvalue weighted by Crippen LogP contribution is 2.14. The summed E-state index contributed by atoms with van der Waals surface area (Å²) >= 11 is 0. The number of rotatable bonds is 9. The van der Waals surface area contributed by atoms with Crippen molar-refractivity contribution in [2.24, 2.45) is 0 Å². The fourth-order valence-electron chi connectivity index (χ4n) is 2.41. The van der Waals surface area contributed by atoms with Crippen LogP contribution in [0.1, 0.15) is 46.5 Å². The van der Waals surface area contributed by atoms with Crippen molar-refractivity contribution in [2.45, 2.75) is 58.6 Å². The van der Waals surface area contributed by atoms with Gasteiger partial charge < -0.3 is 10.1 Å². The van der Waals surface area contributed by atoms with E-state index in [1.54, 1.807) is 0 Å². The number of hydrogen-bond donors (Lipinski definition) is 1. The van der Waals surface area contributed by atoms with Crippen LogP contribution in [0.3, 0.4) is 0 Å². The zero-order chi connectivity index (χ0) is 12.5. The molecule has 0 aromatic rings. The Kier molecular flexibility index (Phi) is 7.82. The van der Waals surface area contributed by atoms with Gasteiger partial charge in [0, 0.05) is 25.7 Å². The molecule has 0 aromatic carbocycles. The molecule has 0 saturated carbocycles. The quantitative estimate of drug-likeness (QED) is 0.628. The predicted octanol–water partition coefficient (Wildman–Crippen LogP) is 2.27. The van der Waals surface area contributed by atoms with E-state index in [-0.39, 0.29) is 0 Å². The number of ether oxygens (including phenoxy) is 1. The minimum atomic E-state index is 0.480. The highest BCUT2D eigenvalue weighted by molar-refractivity contribution is 4.75. The Morgan fingerprint density at radius 3 is 2.82 bits per heavy atom. The van der Waals surface area contributed by atoms with Crippen LogP contribution in [0.15, 0.2) is 0 Å². The van der Waals surface area contributed by atoms with Crippen molar-refractivity contribution in [3.8, 4) is 0 Å². The molecule has 0 bridgehead atoms. The van der Waals surface area contributed by atoms with Gasteiger partial charge in [0.1, 0.15) is 0 Å². The van der Waals surface area contributed by atoms with Crippen molar-refractivity contribution in [2.75, 3.05) is 32.8 Å². The average Bonchev–Trinajstić information content (AvgIpc) is 2.84. The molecule has 0 aliphatic carbocycles. The monoisotopic (exact) mass is 242 g/mol. The molecule has 0 amide bonds. The normalized spacial score (nSPS) is 22.2. The Bertz CT molecular complexity index is 181. The van der Waals surface area contributed by atoms with E-state index < -0.39 is 0 Å². The standard InChI is InChI=1S/C14H30N2O/c1-4-6-9-15-11-13(3)16(5-2)12-14-8-7-10-17-14/h13-15H,4-12H2,1-3H3. The van der Waals surface area contributed by atoms with Crippen molar-refractivity contribution < 1.29 is 4.74 Å². The van der Waals surface area contributed by atoms with Crippen LogP contribution in [0.2, 0.25) is 0 Å². The Morgan fingerprint density at radius 2 is 2.24 bits per heavy atom. The summed E-state index contributed by atoms with van der Waals surface area (Å²) in [6.07, 6.45) is 5.52. The maximum Gasteiger partial charge on any atom is 0.0702 e. The van der Waals surface area contributed by atoms with E-state index in [0.29, 0.717) is 12.1 Å². The van der Waals surface area contributed by atoms with E-state index in [1.807, 2.05) is 0 Å². The summed E-state index contributed by atoms with van der Waals surface area (Å²) in [7, 11) is 0. The van der Waals surface area contributed by atoms with Crippen LogP contribution in [-0.2, 0) is 4.74 Å². The third kappa shape index (κ3) is 5.84. The lowest BCUT2D eigenvalue weighted by Gasteiger charge is -2.30. The van der Waals surface area contributed by atoms with Gasteiger partial charge in [0.2, 0.25) is 0 Å². The molecule has 3 heteroatoms. The molecular formula is C14H30N2O. The fraction of sp³-hybridized carbons (Fsp3) is 1.00. The average molecular weight is 242 g/mol. The van der Waals surface area contributed by atoms with Crippen molar-refractivity contribution >= 4 is 0 Å². The van der Waals surface area contributed by atoms with Gasteiger partial charge in [-0.1, -0.05) is 20.3 Å². The van der Waals surface area contributed by atoms with E-state index in [0.717, 1.165) is 32.8 Å². The summed E-state index contributed by atoms with van der Waals surface area (Å²) in [4.78, 5) is 2.54. The lowest BCUT2D eigenvalue weighted by atomic mass is 10.2. The molecule has 1 N–H and O–H groups in total. The van der Waals surface area contributed by atoms with E-state index in [2.05, 4.69) is 31.0 Å². The van der Waals surface area contributed by atoms with Crippen molar-refractivity contribution in [3.05, 3.63) is 0 Å². The lowest BCUT2D eigenvalue weighted by molar-refractivity contribution is 0.0619. The zero-order valence-electron chi connectivity index (χ0n) is 11.9. The van der Waals surface area contributed by atoms with Gasteiger partial charge in [0.15, 0.2) is 0 Å². The number of hydrogen-bond acceptors (Lipinski definition) is 3. The molecule has 1 fully saturated rings. The minimum absolute atomic E-state index is 0.480. The summed E-state index contributed by atoms with van der Waals surface area (Å²) < 4.78 is 5.72. The number of likely N-dealkylation sites (N-methyl/N-ethyl adjacent to an activating group) is 1. The first-order valence-corrected chi connectivity index (χ1v) is 7.34. The summed E-state index contributed by atoms with van der Waals surface area (Å²) in [6.45, 7) is 12.2. The molecule has 2 unspecified atom stereocenters. The number of unbranched alkanes of at least 4 members (excludes halogenated alkanes) is 1. The smallest absolute Gasteiger partial charge is 0.0702 e. The summed E-state index contributed by atoms with van der Waals surface area (Å²) in [5.74, 6) is 0. The van der Waals surface area contributed by atoms with Crippen molar-refractivity contribution in [3.63, 3.8) is 0 Å². The molecule has 1 rings (SSSR count). The summed E-state index contributed by atoms with van der Waals surface area (Å²) in [5, 5.41) is 3.54. The first-order valence-electron chi connectivity index (χ1n) is 7.34. The van der Waals surface area contributed by atoms with Gasteiger partial charge in [-0.25, -0.2) is 0 Å². The van der Waals surface area contributed by atoms with Gasteiger partial charge in [-0.2, -0.15) is 0 Å². The molecule has 1 heterocycles. The second-order valence-electron chi connectivity index (χ2n) is 5.13. The topological polar surface area (TPSA) is 24.5 Å². The van der Waals surface area contributed by atoms with Crippen LogP contribution in [0.25, 0.3) is 0 Å². The molecule has 102 valence electrons. The van der Waals surface area contributed by atoms with Crippen molar-refractivity contribution in [1.82, 2.24) is 10.2 Å². The predicted molar refractivity (Wildman–Crippen MR) is 73.5 cm³/mol. The third-order valence-electron chi connectivity index (χ3n) is 3.64. The highest BCUT2D eigenvalue weighted by Gasteiger charge is 2.21. The molecule has 1 aliphatic rings. The van der Waals surface area contributed by atoms with Gasteiger partial charge in [-0.05, 0) is 39.3 Å².